The molecule has 1 aromatic carbocycles. The Morgan fingerprint density at radius 3 is 2.29 bits per heavy atom. The molecular formula is C13H17ClN2O4S. The maximum Gasteiger partial charge on any atom is 0.409 e. The minimum absolute atomic E-state index is 0.0671. The van der Waals surface area contributed by atoms with Gasteiger partial charge in [0, 0.05) is 31.2 Å². The molecule has 0 saturated carbocycles. The number of rotatable bonds is 3. The maximum atomic E-state index is 12.3. The fraction of sp³-hybridized carbons (Fsp3) is 0.462. The van der Waals surface area contributed by atoms with Crippen molar-refractivity contribution in [2.45, 2.75) is 5.75 Å². The average Bonchev–Trinajstić information content (AvgIpc) is 2.49. The molecular weight excluding hydrogens is 316 g/mol. The van der Waals surface area contributed by atoms with E-state index in [4.69, 9.17) is 11.6 Å². The van der Waals surface area contributed by atoms with E-state index >= 15 is 0 Å². The minimum Gasteiger partial charge on any atom is -0.453 e. The predicted octanol–water partition coefficient (Wildman–Crippen LogP) is 1.55. The number of carbonyl (C=O) groups is 1. The summed E-state index contributed by atoms with van der Waals surface area (Å²) in [7, 11) is -2.08. The van der Waals surface area contributed by atoms with Gasteiger partial charge in [0.1, 0.15) is 0 Å². The van der Waals surface area contributed by atoms with Crippen LogP contribution in [0, 0.1) is 0 Å². The summed E-state index contributed by atoms with van der Waals surface area (Å²) in [6.45, 7) is 1.25. The van der Waals surface area contributed by atoms with Gasteiger partial charge in [-0.3, -0.25) is 0 Å². The number of sulfonamides is 1. The largest absolute Gasteiger partial charge is 0.453 e. The van der Waals surface area contributed by atoms with Gasteiger partial charge in [0.2, 0.25) is 10.0 Å². The number of methoxy groups -OCH3 is 1. The molecule has 1 fully saturated rings. The van der Waals surface area contributed by atoms with Gasteiger partial charge in [-0.2, -0.15) is 4.31 Å². The zero-order valence-corrected chi connectivity index (χ0v) is 13.2. The van der Waals surface area contributed by atoms with Crippen molar-refractivity contribution < 1.29 is 17.9 Å². The Kier molecular flexibility index (Phi) is 5.08. The molecule has 1 aliphatic rings. The number of amides is 1. The molecule has 1 amide bonds. The van der Waals surface area contributed by atoms with Crippen molar-refractivity contribution in [3.63, 3.8) is 0 Å². The second-order valence-electron chi connectivity index (χ2n) is 4.74. The van der Waals surface area contributed by atoms with Gasteiger partial charge >= 0.3 is 6.09 Å². The Labute approximate surface area is 129 Å². The highest BCUT2D eigenvalue weighted by atomic mass is 35.5. The van der Waals surface area contributed by atoms with Crippen molar-refractivity contribution in [3.8, 4) is 0 Å². The van der Waals surface area contributed by atoms with Crippen molar-refractivity contribution in [2.75, 3.05) is 33.3 Å². The van der Waals surface area contributed by atoms with Gasteiger partial charge in [-0.15, -0.1) is 0 Å². The molecule has 8 heteroatoms. The van der Waals surface area contributed by atoms with Crippen molar-refractivity contribution in [3.05, 3.63) is 34.9 Å². The number of nitrogens with zero attached hydrogens (tertiary/aromatic N) is 2. The molecule has 0 radical (unpaired) electrons. The van der Waals surface area contributed by atoms with Gasteiger partial charge in [0.05, 0.1) is 12.9 Å². The topological polar surface area (TPSA) is 66.9 Å². The van der Waals surface area contributed by atoms with Crippen LogP contribution in [-0.4, -0.2) is 57.0 Å². The van der Waals surface area contributed by atoms with Gasteiger partial charge in [0.25, 0.3) is 0 Å². The Balaban J connectivity index is 1.98. The molecule has 0 bridgehead atoms. The molecule has 6 nitrogen and oxygen atoms in total. The normalized spacial score (nSPS) is 16.8. The Bertz CT molecular complexity index is 595. The van der Waals surface area contributed by atoms with E-state index in [1.54, 1.807) is 24.3 Å². The van der Waals surface area contributed by atoms with Crippen LogP contribution in [0.25, 0.3) is 0 Å². The molecule has 2 rings (SSSR count). The van der Waals surface area contributed by atoms with E-state index in [0.717, 1.165) is 0 Å². The highest BCUT2D eigenvalue weighted by molar-refractivity contribution is 7.88. The van der Waals surface area contributed by atoms with E-state index in [1.165, 1.54) is 16.3 Å². The Morgan fingerprint density at radius 1 is 1.19 bits per heavy atom. The highest BCUT2D eigenvalue weighted by Gasteiger charge is 2.29. The first kappa shape index (κ1) is 16.1. The smallest absolute Gasteiger partial charge is 0.409 e. The van der Waals surface area contributed by atoms with Crippen LogP contribution >= 0.6 is 11.6 Å². The fourth-order valence-electron chi connectivity index (χ4n) is 2.16. The Morgan fingerprint density at radius 2 is 1.76 bits per heavy atom. The van der Waals surface area contributed by atoms with Gasteiger partial charge < -0.3 is 9.64 Å². The lowest BCUT2D eigenvalue weighted by Crippen LogP contribution is -2.50. The van der Waals surface area contributed by atoms with Crippen molar-refractivity contribution in [1.29, 1.82) is 0 Å². The molecule has 1 heterocycles. The molecule has 0 spiro atoms. The molecule has 0 N–H and O–H groups in total. The van der Waals surface area contributed by atoms with E-state index in [1.807, 2.05) is 0 Å². The summed E-state index contributed by atoms with van der Waals surface area (Å²) in [5, 5.41) is 0.572. The summed E-state index contributed by atoms with van der Waals surface area (Å²) in [6, 6.07) is 6.73. The second-order valence-corrected chi connectivity index (χ2v) is 7.14. The molecule has 0 atom stereocenters. The summed E-state index contributed by atoms with van der Waals surface area (Å²) in [6.07, 6.45) is -0.426. The van der Waals surface area contributed by atoms with Crippen LogP contribution in [0.4, 0.5) is 4.79 Å². The lowest BCUT2D eigenvalue weighted by molar-refractivity contribution is 0.108. The van der Waals surface area contributed by atoms with E-state index in [-0.39, 0.29) is 18.8 Å². The fourth-order valence-corrected chi connectivity index (χ4v) is 3.80. The van der Waals surface area contributed by atoms with E-state index < -0.39 is 16.1 Å². The van der Waals surface area contributed by atoms with Crippen LogP contribution in [0.15, 0.2) is 24.3 Å². The summed E-state index contributed by atoms with van der Waals surface area (Å²) in [4.78, 5) is 12.9. The first-order valence-electron chi connectivity index (χ1n) is 6.47. The lowest BCUT2D eigenvalue weighted by atomic mass is 10.2. The second kappa shape index (κ2) is 6.64. The third kappa shape index (κ3) is 4.09. The van der Waals surface area contributed by atoms with Crippen LogP contribution in [0.5, 0.6) is 0 Å². The zero-order chi connectivity index (χ0) is 15.5. The molecule has 0 unspecified atom stereocenters. The molecule has 21 heavy (non-hydrogen) atoms. The zero-order valence-electron chi connectivity index (χ0n) is 11.7. The van der Waals surface area contributed by atoms with Crippen LogP contribution in [-0.2, 0) is 20.5 Å². The molecule has 0 aromatic heterocycles. The van der Waals surface area contributed by atoms with Gasteiger partial charge in [-0.25, -0.2) is 13.2 Å². The average molecular weight is 333 g/mol. The standard InChI is InChI=1S/C13H17ClN2O4S/c1-20-13(17)15-6-8-16(9-7-15)21(18,19)10-11-2-4-12(14)5-3-11/h2-5H,6-10H2,1H3. The third-order valence-corrected chi connectivity index (χ3v) is 5.43. The minimum atomic E-state index is -3.39. The number of ether oxygens (including phenoxy) is 1. The van der Waals surface area contributed by atoms with Gasteiger partial charge in [-0.05, 0) is 17.7 Å². The molecule has 1 saturated heterocycles. The number of halogens is 1. The number of piperazine rings is 1. The number of benzene rings is 1. The molecule has 0 aliphatic carbocycles. The summed E-state index contributed by atoms with van der Waals surface area (Å²) < 4.78 is 30.7. The molecule has 116 valence electrons. The van der Waals surface area contributed by atoms with E-state index in [0.29, 0.717) is 23.7 Å². The number of carbonyl (C=O) groups excluding carboxylic acids is 1. The van der Waals surface area contributed by atoms with Crippen molar-refractivity contribution >= 4 is 27.7 Å². The van der Waals surface area contributed by atoms with Crippen LogP contribution < -0.4 is 0 Å². The van der Waals surface area contributed by atoms with Crippen LogP contribution in [0.2, 0.25) is 5.02 Å². The number of hydrogen-bond acceptors (Lipinski definition) is 4. The first-order valence-corrected chi connectivity index (χ1v) is 8.46. The lowest BCUT2D eigenvalue weighted by Gasteiger charge is -2.33. The van der Waals surface area contributed by atoms with Crippen LogP contribution in [0.1, 0.15) is 5.56 Å². The van der Waals surface area contributed by atoms with E-state index in [2.05, 4.69) is 4.74 Å². The molecule has 1 aliphatic heterocycles. The van der Waals surface area contributed by atoms with Crippen LogP contribution in [0.3, 0.4) is 0 Å². The Hall–Kier alpha value is -1.31. The first-order chi connectivity index (χ1) is 9.92. The van der Waals surface area contributed by atoms with E-state index in [9.17, 15) is 13.2 Å². The SMILES string of the molecule is COC(=O)N1CCN(S(=O)(=O)Cc2ccc(Cl)cc2)CC1. The third-order valence-electron chi connectivity index (χ3n) is 3.33. The van der Waals surface area contributed by atoms with Crippen molar-refractivity contribution in [1.82, 2.24) is 9.21 Å². The monoisotopic (exact) mass is 332 g/mol. The van der Waals surface area contributed by atoms with Gasteiger partial charge in [0.15, 0.2) is 0 Å². The number of hydrogen-bond donors (Lipinski definition) is 0. The van der Waals surface area contributed by atoms with Crippen molar-refractivity contribution in [2.24, 2.45) is 0 Å². The highest BCUT2D eigenvalue weighted by Crippen LogP contribution is 2.16. The summed E-state index contributed by atoms with van der Waals surface area (Å²) in [5.41, 5.74) is 0.690. The van der Waals surface area contributed by atoms with Gasteiger partial charge in [-0.1, -0.05) is 23.7 Å². The summed E-state index contributed by atoms with van der Waals surface area (Å²) >= 11 is 5.78. The summed E-state index contributed by atoms with van der Waals surface area (Å²) in [5.74, 6) is -0.0671. The predicted molar refractivity (Wildman–Crippen MR) is 79.6 cm³/mol. The maximum absolute atomic E-state index is 12.3. The molecule has 1 aromatic rings. The quantitative estimate of drug-likeness (QED) is 0.842.